The predicted molar refractivity (Wildman–Crippen MR) is 125 cm³/mol. The Kier molecular flexibility index (Phi) is 6.73. The number of hydrogen-bond acceptors (Lipinski definition) is 6. The van der Waals surface area contributed by atoms with Crippen LogP contribution in [0, 0.1) is 0 Å². The van der Waals surface area contributed by atoms with Crippen LogP contribution >= 0.6 is 0 Å². The van der Waals surface area contributed by atoms with Gasteiger partial charge in [-0.25, -0.2) is 9.78 Å². The average Bonchev–Trinajstić information content (AvgIpc) is 3.47. The minimum absolute atomic E-state index is 0.0760. The topological polar surface area (TPSA) is 123 Å². The number of oxazole rings is 1. The van der Waals surface area contributed by atoms with Crippen molar-refractivity contribution in [2.75, 3.05) is 12.3 Å². The first-order valence-corrected chi connectivity index (χ1v) is 10.9. The summed E-state index contributed by atoms with van der Waals surface area (Å²) in [5, 5.41) is 3.76. The third-order valence-electron chi connectivity index (χ3n) is 5.33. The zero-order valence-corrected chi connectivity index (χ0v) is 18.3. The Balaban J connectivity index is 1.52. The molecule has 33 heavy (non-hydrogen) atoms. The zero-order valence-electron chi connectivity index (χ0n) is 18.3. The molecule has 8 nitrogen and oxygen atoms in total. The van der Waals surface area contributed by atoms with Gasteiger partial charge in [-0.1, -0.05) is 31.5 Å². The molecule has 0 saturated carbocycles. The van der Waals surface area contributed by atoms with E-state index in [1.807, 2.05) is 37.4 Å². The van der Waals surface area contributed by atoms with Gasteiger partial charge in [-0.05, 0) is 42.3 Å². The maximum Gasteiger partial charge on any atom is 0.328 e. The van der Waals surface area contributed by atoms with Crippen molar-refractivity contribution in [3.05, 3.63) is 72.2 Å². The second-order valence-corrected chi connectivity index (χ2v) is 7.77. The van der Waals surface area contributed by atoms with Crippen molar-refractivity contribution < 1.29 is 18.7 Å². The maximum absolute atomic E-state index is 12.9. The molecule has 0 bridgehead atoms. The summed E-state index contributed by atoms with van der Waals surface area (Å²) in [5.41, 5.74) is 8.97. The number of benzene rings is 2. The van der Waals surface area contributed by atoms with Crippen molar-refractivity contribution in [1.29, 1.82) is 0 Å². The van der Waals surface area contributed by atoms with Crippen LogP contribution in [0.15, 0.2) is 65.4 Å². The molecule has 170 valence electrons. The summed E-state index contributed by atoms with van der Waals surface area (Å²) in [6, 6.07) is 13.9. The number of aromatic nitrogens is 2. The van der Waals surface area contributed by atoms with Gasteiger partial charge in [0.25, 0.3) is 5.91 Å². The Morgan fingerprint density at radius 3 is 2.76 bits per heavy atom. The number of rotatable bonds is 9. The number of carbonyl (C=O) groups is 2. The van der Waals surface area contributed by atoms with Gasteiger partial charge in [0.15, 0.2) is 5.69 Å². The van der Waals surface area contributed by atoms with E-state index in [0.29, 0.717) is 23.7 Å². The number of H-pyrrole nitrogens is 1. The van der Waals surface area contributed by atoms with Crippen LogP contribution in [-0.2, 0) is 16.0 Å². The van der Waals surface area contributed by atoms with Gasteiger partial charge < -0.3 is 25.2 Å². The largest absolute Gasteiger partial charge is 0.464 e. The summed E-state index contributed by atoms with van der Waals surface area (Å²) in [6.07, 6.45) is 5.06. The molecule has 4 aromatic rings. The van der Waals surface area contributed by atoms with Crippen LogP contribution in [0.5, 0.6) is 0 Å². The summed E-state index contributed by atoms with van der Waals surface area (Å²) >= 11 is 0. The summed E-state index contributed by atoms with van der Waals surface area (Å²) in [5.74, 6) is -0.707. The van der Waals surface area contributed by atoms with E-state index in [9.17, 15) is 9.59 Å². The molecular weight excluding hydrogens is 420 g/mol. The second-order valence-electron chi connectivity index (χ2n) is 7.77. The lowest BCUT2D eigenvalue weighted by atomic mass is 10.0. The lowest BCUT2D eigenvalue weighted by Gasteiger charge is -2.17. The van der Waals surface area contributed by atoms with E-state index in [2.05, 4.69) is 15.3 Å². The highest BCUT2D eigenvalue weighted by molar-refractivity contribution is 5.95. The minimum atomic E-state index is -0.870. The van der Waals surface area contributed by atoms with E-state index < -0.39 is 17.9 Å². The van der Waals surface area contributed by atoms with Crippen LogP contribution in [-0.4, -0.2) is 34.5 Å². The fourth-order valence-electron chi connectivity index (χ4n) is 3.50. The number of carbonyl (C=O) groups excluding carboxylic acids is 2. The Hall–Kier alpha value is -4.07. The number of nitrogens with two attached hydrogens (primary N) is 1. The quantitative estimate of drug-likeness (QED) is 0.202. The van der Waals surface area contributed by atoms with Crippen molar-refractivity contribution in [1.82, 2.24) is 15.3 Å². The normalized spacial score (nSPS) is 11.9. The fraction of sp³-hybridized carbons (Fsp3) is 0.240. The van der Waals surface area contributed by atoms with Gasteiger partial charge in [-0.15, -0.1) is 0 Å². The standard InChI is InChI=1S/C25H26N4O4/c1-2-3-12-32-25(31)21(13-17-14-27-20-7-5-4-6-19(17)20)28-23(30)22-15-33-24(29-22)16-8-10-18(26)11-9-16/h4-11,14-15,21,27H,2-3,12-13,26H2,1H3,(H,28,30). The zero-order chi connectivity index (χ0) is 23.2. The van der Waals surface area contributed by atoms with E-state index in [1.54, 1.807) is 24.3 Å². The van der Waals surface area contributed by atoms with Crippen LogP contribution in [0.1, 0.15) is 35.8 Å². The first-order valence-electron chi connectivity index (χ1n) is 10.9. The average molecular weight is 447 g/mol. The Morgan fingerprint density at radius 2 is 1.97 bits per heavy atom. The molecule has 2 aromatic carbocycles. The van der Waals surface area contributed by atoms with Crippen molar-refractivity contribution in [3.63, 3.8) is 0 Å². The van der Waals surface area contributed by atoms with E-state index in [0.717, 1.165) is 29.3 Å². The molecule has 8 heteroatoms. The third kappa shape index (κ3) is 5.23. The van der Waals surface area contributed by atoms with Crippen molar-refractivity contribution >= 4 is 28.5 Å². The molecule has 0 radical (unpaired) electrons. The number of unbranched alkanes of at least 4 members (excludes halogenated alkanes) is 1. The number of para-hydroxylation sites is 1. The maximum atomic E-state index is 12.9. The van der Waals surface area contributed by atoms with Gasteiger partial charge in [0.05, 0.1) is 6.61 Å². The molecular formula is C25H26N4O4. The molecule has 0 fully saturated rings. The van der Waals surface area contributed by atoms with Gasteiger partial charge in [-0.2, -0.15) is 0 Å². The third-order valence-corrected chi connectivity index (χ3v) is 5.33. The Bertz CT molecular complexity index is 1240. The highest BCUT2D eigenvalue weighted by Crippen LogP contribution is 2.21. The van der Waals surface area contributed by atoms with Crippen LogP contribution in [0.2, 0.25) is 0 Å². The molecule has 0 aliphatic heterocycles. The number of anilines is 1. The molecule has 0 aliphatic carbocycles. The lowest BCUT2D eigenvalue weighted by Crippen LogP contribution is -2.43. The number of fused-ring (bicyclic) bond motifs is 1. The number of ether oxygens (including phenoxy) is 1. The summed E-state index contributed by atoms with van der Waals surface area (Å²) in [6.45, 7) is 2.32. The molecule has 1 amide bonds. The fourth-order valence-corrected chi connectivity index (χ4v) is 3.50. The van der Waals surface area contributed by atoms with Gasteiger partial charge in [0, 0.05) is 34.8 Å². The van der Waals surface area contributed by atoms with Crippen LogP contribution in [0.25, 0.3) is 22.4 Å². The number of amides is 1. The Morgan fingerprint density at radius 1 is 1.18 bits per heavy atom. The van der Waals surface area contributed by atoms with Crippen LogP contribution < -0.4 is 11.1 Å². The summed E-state index contributed by atoms with van der Waals surface area (Å²) in [4.78, 5) is 33.2. The molecule has 1 atom stereocenters. The van der Waals surface area contributed by atoms with Gasteiger partial charge in [0.2, 0.25) is 5.89 Å². The number of esters is 1. The number of nitrogens with zero attached hydrogens (tertiary/aromatic N) is 1. The molecule has 0 saturated heterocycles. The first kappa shape index (κ1) is 22.1. The second kappa shape index (κ2) is 10.0. The highest BCUT2D eigenvalue weighted by Gasteiger charge is 2.26. The molecule has 4 rings (SSSR count). The Labute approximate surface area is 191 Å². The van der Waals surface area contributed by atoms with Crippen LogP contribution in [0.3, 0.4) is 0 Å². The lowest BCUT2D eigenvalue weighted by molar-refractivity contribution is -0.146. The summed E-state index contributed by atoms with van der Waals surface area (Å²) in [7, 11) is 0. The molecule has 2 aromatic heterocycles. The smallest absolute Gasteiger partial charge is 0.328 e. The molecule has 4 N–H and O–H groups in total. The van der Waals surface area contributed by atoms with Gasteiger partial charge >= 0.3 is 5.97 Å². The van der Waals surface area contributed by atoms with Crippen molar-refractivity contribution in [2.24, 2.45) is 0 Å². The molecule has 0 aliphatic rings. The number of nitrogen functional groups attached to an aromatic ring is 1. The number of aromatic amines is 1. The van der Waals surface area contributed by atoms with Crippen LogP contribution in [0.4, 0.5) is 5.69 Å². The van der Waals surface area contributed by atoms with E-state index in [4.69, 9.17) is 14.9 Å². The highest BCUT2D eigenvalue weighted by atomic mass is 16.5. The molecule has 1 unspecified atom stereocenters. The SMILES string of the molecule is CCCCOC(=O)C(Cc1c[nH]c2ccccc12)NC(=O)c1coc(-c2ccc(N)cc2)n1. The number of nitrogens with one attached hydrogen (secondary N) is 2. The van der Waals surface area contributed by atoms with Crippen molar-refractivity contribution in [3.8, 4) is 11.5 Å². The van der Waals surface area contributed by atoms with Gasteiger partial charge in [-0.3, -0.25) is 4.79 Å². The summed E-state index contributed by atoms with van der Waals surface area (Å²) < 4.78 is 10.9. The molecule has 0 spiro atoms. The minimum Gasteiger partial charge on any atom is -0.464 e. The van der Waals surface area contributed by atoms with Gasteiger partial charge in [0.1, 0.15) is 12.3 Å². The van der Waals surface area contributed by atoms with Crippen molar-refractivity contribution in [2.45, 2.75) is 32.2 Å². The first-order chi connectivity index (χ1) is 16.0. The number of hydrogen-bond donors (Lipinski definition) is 3. The van der Waals surface area contributed by atoms with E-state index >= 15 is 0 Å². The monoisotopic (exact) mass is 446 g/mol. The van der Waals surface area contributed by atoms with E-state index in [1.165, 1.54) is 6.26 Å². The van der Waals surface area contributed by atoms with E-state index in [-0.39, 0.29) is 12.1 Å². The predicted octanol–water partition coefficient (Wildman–Crippen LogP) is 4.09. The molecule has 2 heterocycles.